The highest BCUT2D eigenvalue weighted by Gasteiger charge is 2.15. The molecule has 6 nitrogen and oxygen atoms in total. The maximum absolute atomic E-state index is 13.0. The fourth-order valence-corrected chi connectivity index (χ4v) is 3.80. The number of hydrogen-bond acceptors (Lipinski definition) is 5. The first kappa shape index (κ1) is 23.8. The lowest BCUT2D eigenvalue weighted by Gasteiger charge is -2.12. The van der Waals surface area contributed by atoms with Gasteiger partial charge in [0.2, 0.25) is 5.91 Å². The van der Waals surface area contributed by atoms with E-state index < -0.39 is 0 Å². The van der Waals surface area contributed by atoms with E-state index in [9.17, 15) is 9.18 Å². The summed E-state index contributed by atoms with van der Waals surface area (Å²) in [6.07, 6.45) is 1.63. The van der Waals surface area contributed by atoms with Gasteiger partial charge in [-0.15, -0.1) is 10.2 Å². The Morgan fingerprint density at radius 2 is 1.88 bits per heavy atom. The fourth-order valence-electron chi connectivity index (χ4n) is 2.99. The first-order valence-electron chi connectivity index (χ1n) is 10.7. The minimum atomic E-state index is -0.260. The second-order valence-electron chi connectivity index (χ2n) is 7.85. The Morgan fingerprint density at radius 3 is 2.59 bits per heavy atom. The molecule has 0 aliphatic heterocycles. The van der Waals surface area contributed by atoms with Gasteiger partial charge in [0.25, 0.3) is 0 Å². The Kier molecular flexibility index (Phi) is 9.10. The van der Waals surface area contributed by atoms with Crippen LogP contribution in [0.4, 0.5) is 4.39 Å². The van der Waals surface area contributed by atoms with Crippen molar-refractivity contribution in [3.63, 3.8) is 0 Å². The molecule has 0 bridgehead atoms. The number of rotatable bonds is 12. The average molecular weight is 457 g/mol. The molecular formula is C24H29FN4O2S. The van der Waals surface area contributed by atoms with Crippen molar-refractivity contribution < 1.29 is 13.9 Å². The molecule has 0 aliphatic carbocycles. The second kappa shape index (κ2) is 12.2. The predicted molar refractivity (Wildman–Crippen MR) is 124 cm³/mol. The third-order valence-electron chi connectivity index (χ3n) is 4.82. The Hall–Kier alpha value is -2.87. The minimum absolute atomic E-state index is 0.0717. The number of aromatic nitrogens is 3. The smallest absolute Gasteiger partial charge is 0.230 e. The molecule has 170 valence electrons. The number of carbonyl (C=O) groups excluding carboxylic acids is 1. The molecule has 3 aromatic rings. The number of amides is 1. The van der Waals surface area contributed by atoms with Crippen LogP contribution >= 0.6 is 11.8 Å². The number of ether oxygens (including phenoxy) is 1. The summed E-state index contributed by atoms with van der Waals surface area (Å²) in [5, 5.41) is 12.2. The van der Waals surface area contributed by atoms with Crippen molar-refractivity contribution in [3.05, 3.63) is 71.8 Å². The number of carbonyl (C=O) groups is 1. The first-order valence-corrected chi connectivity index (χ1v) is 11.7. The second-order valence-corrected chi connectivity index (χ2v) is 8.79. The molecule has 32 heavy (non-hydrogen) atoms. The van der Waals surface area contributed by atoms with Crippen molar-refractivity contribution in [3.8, 4) is 5.75 Å². The lowest BCUT2D eigenvalue weighted by Crippen LogP contribution is -2.27. The Morgan fingerprint density at radius 1 is 1.12 bits per heavy atom. The number of para-hydroxylation sites is 1. The van der Waals surface area contributed by atoms with Crippen LogP contribution in [0.25, 0.3) is 0 Å². The topological polar surface area (TPSA) is 69.0 Å². The maximum Gasteiger partial charge on any atom is 0.230 e. The summed E-state index contributed by atoms with van der Waals surface area (Å²) in [5.41, 5.74) is 0.982. The Balaban J connectivity index is 1.52. The minimum Gasteiger partial charge on any atom is -0.486 e. The number of benzene rings is 2. The zero-order valence-corrected chi connectivity index (χ0v) is 19.3. The first-order chi connectivity index (χ1) is 15.5. The molecule has 3 rings (SSSR count). The molecule has 0 saturated carbocycles. The summed E-state index contributed by atoms with van der Waals surface area (Å²) < 4.78 is 20.9. The van der Waals surface area contributed by atoms with Gasteiger partial charge in [0.05, 0.1) is 5.75 Å². The normalized spacial score (nSPS) is 11.0. The summed E-state index contributed by atoms with van der Waals surface area (Å²) in [7, 11) is 0. The Bertz CT molecular complexity index is 977. The molecule has 1 amide bonds. The van der Waals surface area contributed by atoms with Crippen molar-refractivity contribution >= 4 is 17.7 Å². The van der Waals surface area contributed by atoms with Crippen LogP contribution in [0, 0.1) is 11.7 Å². The average Bonchev–Trinajstić information content (AvgIpc) is 3.18. The van der Waals surface area contributed by atoms with E-state index >= 15 is 0 Å². The van der Waals surface area contributed by atoms with E-state index in [2.05, 4.69) is 29.4 Å². The van der Waals surface area contributed by atoms with Crippen molar-refractivity contribution in [1.82, 2.24) is 20.1 Å². The van der Waals surface area contributed by atoms with Crippen LogP contribution in [0.5, 0.6) is 5.75 Å². The molecule has 1 aromatic heterocycles. The predicted octanol–water partition coefficient (Wildman–Crippen LogP) is 4.49. The standard InChI is InChI=1S/C24H29FN4O2S/c1-18(2)13-15-29-22(16-31-21-6-4-3-5-7-21)27-28-24(29)32-17-23(30)26-14-12-19-8-10-20(25)11-9-19/h3-11,18H,12-17H2,1-2H3,(H,26,30). The SMILES string of the molecule is CC(C)CCn1c(COc2ccccc2)nnc1SCC(=O)NCCc1ccc(F)cc1. The fraction of sp³-hybridized carbons (Fsp3) is 0.375. The molecule has 0 spiro atoms. The van der Waals surface area contributed by atoms with Crippen molar-refractivity contribution in [2.24, 2.45) is 5.92 Å². The Labute approximate surface area is 192 Å². The van der Waals surface area contributed by atoms with E-state index in [1.54, 1.807) is 12.1 Å². The van der Waals surface area contributed by atoms with E-state index in [0.717, 1.165) is 30.1 Å². The summed E-state index contributed by atoms with van der Waals surface area (Å²) in [6, 6.07) is 15.9. The van der Waals surface area contributed by atoms with Gasteiger partial charge in [-0.2, -0.15) is 0 Å². The molecular weight excluding hydrogens is 427 g/mol. The number of thioether (sulfide) groups is 1. The third-order valence-corrected chi connectivity index (χ3v) is 5.78. The molecule has 0 fully saturated rings. The van der Waals surface area contributed by atoms with Crippen LogP contribution in [0.2, 0.25) is 0 Å². The highest BCUT2D eigenvalue weighted by atomic mass is 32.2. The molecule has 0 saturated heterocycles. The van der Waals surface area contributed by atoms with E-state index in [1.807, 2.05) is 34.9 Å². The van der Waals surface area contributed by atoms with Gasteiger partial charge in [0.1, 0.15) is 18.2 Å². The van der Waals surface area contributed by atoms with E-state index in [1.165, 1.54) is 23.9 Å². The van der Waals surface area contributed by atoms with Gasteiger partial charge >= 0.3 is 0 Å². The summed E-state index contributed by atoms with van der Waals surface area (Å²) >= 11 is 1.37. The van der Waals surface area contributed by atoms with Crippen LogP contribution in [-0.4, -0.2) is 33.0 Å². The van der Waals surface area contributed by atoms with Gasteiger partial charge in [-0.25, -0.2) is 4.39 Å². The van der Waals surface area contributed by atoms with Gasteiger partial charge in [0.15, 0.2) is 11.0 Å². The van der Waals surface area contributed by atoms with Crippen LogP contribution in [-0.2, 0) is 24.4 Å². The third kappa shape index (κ3) is 7.67. The summed E-state index contributed by atoms with van der Waals surface area (Å²) in [4.78, 5) is 12.3. The van der Waals surface area contributed by atoms with Crippen LogP contribution in [0.15, 0.2) is 59.8 Å². The monoisotopic (exact) mass is 456 g/mol. The van der Waals surface area contributed by atoms with Crippen LogP contribution in [0.1, 0.15) is 31.7 Å². The molecule has 0 aliphatic rings. The molecule has 2 aromatic carbocycles. The number of hydrogen-bond donors (Lipinski definition) is 1. The number of nitrogens with zero attached hydrogens (tertiary/aromatic N) is 3. The van der Waals surface area contributed by atoms with Gasteiger partial charge in [-0.1, -0.05) is 55.9 Å². The molecule has 1 N–H and O–H groups in total. The van der Waals surface area contributed by atoms with Crippen molar-refractivity contribution in [2.75, 3.05) is 12.3 Å². The van der Waals surface area contributed by atoms with Gasteiger partial charge in [0, 0.05) is 13.1 Å². The molecule has 8 heteroatoms. The van der Waals surface area contributed by atoms with Crippen molar-refractivity contribution in [1.29, 1.82) is 0 Å². The molecule has 0 radical (unpaired) electrons. The van der Waals surface area contributed by atoms with Crippen molar-refractivity contribution in [2.45, 2.75) is 45.0 Å². The van der Waals surface area contributed by atoms with Gasteiger partial charge in [-0.05, 0) is 48.6 Å². The van der Waals surface area contributed by atoms with Crippen LogP contribution in [0.3, 0.4) is 0 Å². The lowest BCUT2D eigenvalue weighted by molar-refractivity contribution is -0.118. The van der Waals surface area contributed by atoms with Gasteiger partial charge in [-0.3, -0.25) is 4.79 Å². The highest BCUT2D eigenvalue weighted by Crippen LogP contribution is 2.20. The quantitative estimate of drug-likeness (QED) is 0.407. The summed E-state index contributed by atoms with van der Waals surface area (Å²) in [6.45, 7) is 5.94. The van der Waals surface area contributed by atoms with E-state index in [4.69, 9.17) is 4.74 Å². The summed E-state index contributed by atoms with van der Waals surface area (Å²) in [5.74, 6) is 1.98. The molecule has 1 heterocycles. The maximum atomic E-state index is 13.0. The van der Waals surface area contributed by atoms with E-state index in [0.29, 0.717) is 30.6 Å². The highest BCUT2D eigenvalue weighted by molar-refractivity contribution is 7.99. The zero-order chi connectivity index (χ0) is 22.8. The molecule has 0 atom stereocenters. The zero-order valence-electron chi connectivity index (χ0n) is 18.5. The van der Waals surface area contributed by atoms with Crippen LogP contribution < -0.4 is 10.1 Å². The molecule has 0 unspecified atom stereocenters. The van der Waals surface area contributed by atoms with Gasteiger partial charge < -0.3 is 14.6 Å². The lowest BCUT2D eigenvalue weighted by atomic mass is 10.1. The largest absolute Gasteiger partial charge is 0.486 e. The van der Waals surface area contributed by atoms with E-state index in [-0.39, 0.29) is 17.5 Å². The number of nitrogens with one attached hydrogen (secondary N) is 1. The number of halogens is 1.